The molecule has 0 spiro atoms. The highest BCUT2D eigenvalue weighted by molar-refractivity contribution is 6.13. The van der Waals surface area contributed by atoms with Gasteiger partial charge in [-0.05, 0) is 37.6 Å². The average Bonchev–Trinajstić information content (AvgIpc) is 2.60. The van der Waals surface area contributed by atoms with Crippen LogP contribution in [0.3, 0.4) is 0 Å². The Morgan fingerprint density at radius 2 is 1.78 bits per heavy atom. The van der Waals surface area contributed by atoms with E-state index in [2.05, 4.69) is 5.32 Å². The maximum Gasteiger partial charge on any atom is 0.319 e. The summed E-state index contributed by atoms with van der Waals surface area (Å²) in [5.41, 5.74) is 0.934. The number of hydrogen-bond donors (Lipinski definition) is 1. The van der Waals surface area contributed by atoms with E-state index >= 15 is 0 Å². The van der Waals surface area contributed by atoms with Crippen molar-refractivity contribution >= 4 is 17.5 Å². The molecule has 2 aliphatic heterocycles. The summed E-state index contributed by atoms with van der Waals surface area (Å²) in [7, 11) is 0. The van der Waals surface area contributed by atoms with Crippen molar-refractivity contribution in [1.29, 1.82) is 0 Å². The number of nitrogens with zero attached hydrogens (tertiary/aromatic N) is 2. The molecule has 0 saturated carbocycles. The normalized spacial score (nSPS) is 20.6. The lowest BCUT2D eigenvalue weighted by Crippen LogP contribution is -2.52. The maximum atomic E-state index is 13.2. The zero-order valence-corrected chi connectivity index (χ0v) is 15.1. The van der Waals surface area contributed by atoms with Gasteiger partial charge in [0.15, 0.2) is 0 Å². The minimum atomic E-state index is -4.02. The number of carbonyl (C=O) groups excluding carboxylic acids is 2. The van der Waals surface area contributed by atoms with Crippen LogP contribution in [-0.4, -0.2) is 61.8 Å². The van der Waals surface area contributed by atoms with Crippen molar-refractivity contribution in [2.24, 2.45) is 0 Å². The fraction of sp³-hybridized carbons (Fsp3) is 0.556. The van der Waals surface area contributed by atoms with Gasteiger partial charge in [0.1, 0.15) is 0 Å². The molecule has 9 heteroatoms. The predicted molar refractivity (Wildman–Crippen MR) is 91.5 cm³/mol. The summed E-state index contributed by atoms with van der Waals surface area (Å²) in [4.78, 5) is 27.4. The van der Waals surface area contributed by atoms with Crippen molar-refractivity contribution in [1.82, 2.24) is 10.2 Å². The summed E-state index contributed by atoms with van der Waals surface area (Å²) in [6.45, 7) is 3.70. The minimum absolute atomic E-state index is 0.224. The third kappa shape index (κ3) is 3.65. The molecule has 148 valence electrons. The van der Waals surface area contributed by atoms with Gasteiger partial charge in [-0.3, -0.25) is 19.8 Å². The number of hydrogen-bond acceptors (Lipinski definition) is 4. The summed E-state index contributed by atoms with van der Waals surface area (Å²) in [6, 6.07) is 5.16. The molecule has 0 aromatic heterocycles. The number of anilines is 1. The van der Waals surface area contributed by atoms with Crippen LogP contribution in [-0.2, 0) is 10.2 Å². The van der Waals surface area contributed by atoms with Gasteiger partial charge in [-0.15, -0.1) is 0 Å². The largest absolute Gasteiger partial charge is 0.369 e. The van der Waals surface area contributed by atoms with Crippen molar-refractivity contribution in [3.05, 3.63) is 29.3 Å². The maximum absolute atomic E-state index is 13.2. The van der Waals surface area contributed by atoms with Crippen molar-refractivity contribution in [3.8, 4) is 0 Å². The van der Waals surface area contributed by atoms with E-state index in [0.717, 1.165) is 5.69 Å². The lowest BCUT2D eigenvalue weighted by Gasteiger charge is -2.38. The van der Waals surface area contributed by atoms with Crippen LogP contribution < -0.4 is 10.2 Å². The monoisotopic (exact) mass is 387 g/mol. The van der Waals surface area contributed by atoms with Gasteiger partial charge in [-0.1, -0.05) is 0 Å². The molecular formula is C18H21F4N3O2. The van der Waals surface area contributed by atoms with Gasteiger partial charge in [0.25, 0.3) is 5.91 Å². The van der Waals surface area contributed by atoms with Crippen molar-refractivity contribution in [2.75, 3.05) is 37.6 Å². The lowest BCUT2D eigenvalue weighted by molar-refractivity contribution is -0.142. The molecule has 2 aliphatic rings. The number of fused-ring (bicyclic) bond motifs is 1. The van der Waals surface area contributed by atoms with E-state index in [1.807, 2.05) is 4.90 Å². The Labute approximate surface area is 154 Å². The summed E-state index contributed by atoms with van der Waals surface area (Å²) < 4.78 is 51.2. The molecule has 1 fully saturated rings. The summed E-state index contributed by atoms with van der Waals surface area (Å²) in [6.07, 6.45) is -3.68. The molecular weight excluding hydrogens is 366 g/mol. The Bertz CT molecular complexity index is 759. The van der Waals surface area contributed by atoms with Crippen LogP contribution in [0.25, 0.3) is 0 Å². The highest BCUT2D eigenvalue weighted by Crippen LogP contribution is 2.34. The second-order valence-corrected chi connectivity index (χ2v) is 7.46. The van der Waals surface area contributed by atoms with Gasteiger partial charge in [-0.25, -0.2) is 8.78 Å². The Hall–Kier alpha value is -2.16. The first kappa shape index (κ1) is 19.6. The lowest BCUT2D eigenvalue weighted by atomic mass is 9.78. The number of benzene rings is 1. The topological polar surface area (TPSA) is 52.7 Å². The van der Waals surface area contributed by atoms with Gasteiger partial charge >= 0.3 is 12.3 Å². The average molecular weight is 387 g/mol. The Balaban J connectivity index is 1.74. The summed E-state index contributed by atoms with van der Waals surface area (Å²) in [5, 5.41) is 2.33. The zero-order chi connectivity index (χ0) is 20.0. The molecule has 1 N–H and O–H groups in total. The standard InChI is InChI=1S/C18H21F4N3O2/c1-17(2)13-9-11(3-4-12(13)14(26)23-16(17)27)25-7-5-24(6-8-25)10-18(21,22)15(19)20/h3-4,9,15H,5-8,10H2,1-2H3,(H,23,26,27). The molecule has 2 amide bonds. The van der Waals surface area contributed by atoms with Crippen LogP contribution in [0.1, 0.15) is 29.8 Å². The van der Waals surface area contributed by atoms with E-state index in [0.29, 0.717) is 24.2 Å². The molecule has 0 bridgehead atoms. The molecule has 2 heterocycles. The van der Waals surface area contributed by atoms with E-state index in [1.165, 1.54) is 4.90 Å². The fourth-order valence-electron chi connectivity index (χ4n) is 3.42. The van der Waals surface area contributed by atoms with Crippen LogP contribution in [0.4, 0.5) is 23.2 Å². The second-order valence-electron chi connectivity index (χ2n) is 7.46. The SMILES string of the molecule is CC1(C)C(=O)NC(=O)c2ccc(N3CCN(CC(F)(F)C(F)F)CC3)cc21. The number of amides is 2. The predicted octanol–water partition coefficient (Wildman–Crippen LogP) is 2.26. The van der Waals surface area contributed by atoms with Crippen molar-refractivity contribution in [3.63, 3.8) is 0 Å². The molecule has 0 unspecified atom stereocenters. The quantitative estimate of drug-likeness (QED) is 0.636. The Morgan fingerprint density at radius 3 is 2.37 bits per heavy atom. The highest BCUT2D eigenvalue weighted by Gasteiger charge is 2.43. The zero-order valence-electron chi connectivity index (χ0n) is 15.1. The number of imide groups is 1. The van der Waals surface area contributed by atoms with Crippen molar-refractivity contribution in [2.45, 2.75) is 31.6 Å². The fourth-order valence-corrected chi connectivity index (χ4v) is 3.42. The third-order valence-corrected chi connectivity index (χ3v) is 5.21. The smallest absolute Gasteiger partial charge is 0.319 e. The van der Waals surface area contributed by atoms with Gasteiger partial charge < -0.3 is 4.90 Å². The number of rotatable bonds is 4. The number of piperazine rings is 1. The Kier molecular flexibility index (Phi) is 4.92. The molecule has 27 heavy (non-hydrogen) atoms. The van der Waals surface area contributed by atoms with Gasteiger partial charge in [0.2, 0.25) is 5.91 Å². The van der Waals surface area contributed by atoms with Gasteiger partial charge in [-0.2, -0.15) is 8.78 Å². The van der Waals surface area contributed by atoms with Crippen LogP contribution in [0.2, 0.25) is 0 Å². The van der Waals surface area contributed by atoms with Crippen molar-refractivity contribution < 1.29 is 27.2 Å². The van der Waals surface area contributed by atoms with Crippen LogP contribution in [0.15, 0.2) is 18.2 Å². The second kappa shape index (κ2) is 6.78. The number of halogens is 4. The van der Waals surface area contributed by atoms with E-state index in [1.54, 1.807) is 32.0 Å². The molecule has 0 aliphatic carbocycles. The minimum Gasteiger partial charge on any atom is -0.369 e. The first-order valence-corrected chi connectivity index (χ1v) is 8.66. The van der Waals surface area contributed by atoms with Crippen LogP contribution in [0, 0.1) is 0 Å². The third-order valence-electron chi connectivity index (χ3n) is 5.21. The summed E-state index contributed by atoms with van der Waals surface area (Å²) >= 11 is 0. The molecule has 0 atom stereocenters. The first-order chi connectivity index (χ1) is 12.5. The number of alkyl halides is 4. The van der Waals surface area contributed by atoms with E-state index in [4.69, 9.17) is 0 Å². The molecule has 5 nitrogen and oxygen atoms in total. The van der Waals surface area contributed by atoms with E-state index in [-0.39, 0.29) is 19.0 Å². The molecule has 0 radical (unpaired) electrons. The number of carbonyl (C=O) groups is 2. The van der Waals surface area contributed by atoms with Crippen LogP contribution in [0.5, 0.6) is 0 Å². The summed E-state index contributed by atoms with van der Waals surface area (Å²) in [5.74, 6) is -4.85. The Morgan fingerprint density at radius 1 is 1.15 bits per heavy atom. The van der Waals surface area contributed by atoms with E-state index in [9.17, 15) is 27.2 Å². The highest BCUT2D eigenvalue weighted by atomic mass is 19.3. The molecule has 3 rings (SSSR count). The molecule has 1 aromatic carbocycles. The molecule has 1 aromatic rings. The van der Waals surface area contributed by atoms with E-state index < -0.39 is 30.2 Å². The first-order valence-electron chi connectivity index (χ1n) is 8.66. The van der Waals surface area contributed by atoms with Gasteiger partial charge in [0.05, 0.1) is 12.0 Å². The van der Waals surface area contributed by atoms with Crippen LogP contribution >= 0.6 is 0 Å². The molecule has 1 saturated heterocycles. The number of nitrogens with one attached hydrogen (secondary N) is 1. The van der Waals surface area contributed by atoms with Gasteiger partial charge in [0, 0.05) is 37.4 Å².